The minimum absolute atomic E-state index is 0.0309. The van der Waals surface area contributed by atoms with E-state index in [0.717, 1.165) is 43.6 Å². The van der Waals surface area contributed by atoms with Crippen molar-refractivity contribution in [3.05, 3.63) is 77.5 Å². The summed E-state index contributed by atoms with van der Waals surface area (Å²) in [4.78, 5) is 36.7. The van der Waals surface area contributed by atoms with Crippen molar-refractivity contribution in [3.8, 4) is 17.0 Å². The van der Waals surface area contributed by atoms with Crippen molar-refractivity contribution in [1.82, 2.24) is 20.2 Å². The van der Waals surface area contributed by atoms with Gasteiger partial charge in [-0.1, -0.05) is 18.6 Å². The molecule has 196 valence electrons. The monoisotopic (exact) mass is 514 g/mol. The van der Waals surface area contributed by atoms with Gasteiger partial charge in [-0.15, -0.1) is 0 Å². The molecule has 6 rings (SSSR count). The Morgan fingerprint density at radius 2 is 1.89 bits per heavy atom. The average Bonchev–Trinajstić information content (AvgIpc) is 2.90. The van der Waals surface area contributed by atoms with Crippen molar-refractivity contribution in [1.29, 1.82) is 0 Å². The van der Waals surface area contributed by atoms with E-state index in [0.29, 0.717) is 34.7 Å². The Morgan fingerprint density at radius 1 is 1.11 bits per heavy atom. The maximum atomic E-state index is 13.3. The number of piperidine rings is 1. The van der Waals surface area contributed by atoms with E-state index in [-0.39, 0.29) is 18.2 Å². The third kappa shape index (κ3) is 5.18. The molecular formula is C30H31FN4O3. The molecule has 2 aromatic heterocycles. The van der Waals surface area contributed by atoms with E-state index < -0.39 is 11.4 Å². The number of amides is 1. The SMILES string of the molecule is O=C(NCc1cncc(F)c1)c1ccc(-c2ccc3c(n2)C(=O)CC2(CCN(CC4CCC4)CC2)O3)cc1. The fourth-order valence-electron chi connectivity index (χ4n) is 5.63. The summed E-state index contributed by atoms with van der Waals surface area (Å²) in [5.41, 5.74) is 2.48. The first-order chi connectivity index (χ1) is 18.5. The van der Waals surface area contributed by atoms with E-state index in [2.05, 4.69) is 20.2 Å². The quantitative estimate of drug-likeness (QED) is 0.508. The number of rotatable bonds is 6. The van der Waals surface area contributed by atoms with Gasteiger partial charge in [-0.2, -0.15) is 0 Å². The Balaban J connectivity index is 1.10. The molecule has 7 nitrogen and oxygen atoms in total. The summed E-state index contributed by atoms with van der Waals surface area (Å²) in [5, 5.41) is 2.77. The van der Waals surface area contributed by atoms with Gasteiger partial charge in [0.25, 0.3) is 5.91 Å². The summed E-state index contributed by atoms with van der Waals surface area (Å²) < 4.78 is 19.7. The first kappa shape index (κ1) is 24.7. The van der Waals surface area contributed by atoms with Crippen molar-refractivity contribution in [3.63, 3.8) is 0 Å². The molecule has 1 amide bonds. The van der Waals surface area contributed by atoms with Crippen molar-refractivity contribution < 1.29 is 18.7 Å². The van der Waals surface area contributed by atoms with Crippen molar-refractivity contribution in [2.75, 3.05) is 19.6 Å². The third-order valence-electron chi connectivity index (χ3n) is 8.10. The Labute approximate surface area is 221 Å². The molecule has 2 aliphatic heterocycles. The zero-order chi connectivity index (χ0) is 26.1. The fraction of sp³-hybridized carbons (Fsp3) is 0.400. The molecule has 1 saturated heterocycles. The third-order valence-corrected chi connectivity index (χ3v) is 8.10. The number of aromatic nitrogens is 2. The topological polar surface area (TPSA) is 84.4 Å². The highest BCUT2D eigenvalue weighted by molar-refractivity contribution is 5.99. The number of likely N-dealkylation sites (tertiary alicyclic amines) is 1. The molecule has 38 heavy (non-hydrogen) atoms. The Morgan fingerprint density at radius 3 is 2.61 bits per heavy atom. The number of halogens is 1. The van der Waals surface area contributed by atoms with Crippen LogP contribution in [0, 0.1) is 11.7 Å². The molecule has 0 radical (unpaired) electrons. The maximum Gasteiger partial charge on any atom is 0.251 e. The summed E-state index contributed by atoms with van der Waals surface area (Å²) >= 11 is 0. The van der Waals surface area contributed by atoms with Gasteiger partial charge in [-0.3, -0.25) is 14.6 Å². The zero-order valence-corrected chi connectivity index (χ0v) is 21.3. The van der Waals surface area contributed by atoms with Gasteiger partial charge in [0.2, 0.25) is 0 Å². The predicted molar refractivity (Wildman–Crippen MR) is 140 cm³/mol. The van der Waals surface area contributed by atoms with Crippen LogP contribution in [0.3, 0.4) is 0 Å². The molecule has 1 N–H and O–H groups in total. The van der Waals surface area contributed by atoms with E-state index in [1.165, 1.54) is 38.1 Å². The van der Waals surface area contributed by atoms with Gasteiger partial charge in [-0.25, -0.2) is 9.37 Å². The predicted octanol–water partition coefficient (Wildman–Crippen LogP) is 4.81. The second kappa shape index (κ2) is 10.3. The molecule has 4 heterocycles. The first-order valence-electron chi connectivity index (χ1n) is 13.4. The summed E-state index contributed by atoms with van der Waals surface area (Å²) in [6.45, 7) is 3.31. The van der Waals surface area contributed by atoms with Crippen molar-refractivity contribution in [2.24, 2.45) is 5.92 Å². The first-order valence-corrected chi connectivity index (χ1v) is 13.4. The minimum atomic E-state index is -0.442. The molecule has 1 spiro atoms. The number of nitrogens with zero attached hydrogens (tertiary/aromatic N) is 3. The van der Waals surface area contributed by atoms with Crippen LogP contribution in [0.5, 0.6) is 5.75 Å². The number of pyridine rings is 2. The maximum absolute atomic E-state index is 13.3. The van der Waals surface area contributed by atoms with Crippen LogP contribution in [0.1, 0.15) is 64.9 Å². The number of carbonyl (C=O) groups is 2. The molecule has 3 aliphatic rings. The highest BCUT2D eigenvalue weighted by Crippen LogP contribution is 2.40. The van der Waals surface area contributed by atoms with Crippen LogP contribution in [0.25, 0.3) is 11.3 Å². The van der Waals surface area contributed by atoms with Crippen molar-refractivity contribution in [2.45, 2.75) is 50.7 Å². The Kier molecular flexibility index (Phi) is 6.66. The number of ether oxygens (including phenoxy) is 1. The van der Waals surface area contributed by atoms with Crippen LogP contribution in [0.2, 0.25) is 0 Å². The van der Waals surface area contributed by atoms with E-state index in [1.807, 2.05) is 12.1 Å². The number of nitrogens with one attached hydrogen (secondary N) is 1. The normalized spacial score (nSPS) is 18.9. The van der Waals surface area contributed by atoms with E-state index in [1.54, 1.807) is 24.3 Å². The Bertz CT molecular complexity index is 1350. The van der Waals surface area contributed by atoms with Gasteiger partial charge in [0.15, 0.2) is 5.78 Å². The molecule has 0 bridgehead atoms. The van der Waals surface area contributed by atoms with Gasteiger partial charge >= 0.3 is 0 Å². The lowest BCUT2D eigenvalue weighted by Gasteiger charge is -2.45. The lowest BCUT2D eigenvalue weighted by atomic mass is 9.81. The number of benzene rings is 1. The molecule has 2 fully saturated rings. The highest BCUT2D eigenvalue weighted by atomic mass is 19.1. The van der Waals surface area contributed by atoms with Crippen LogP contribution in [-0.2, 0) is 6.54 Å². The molecular weight excluding hydrogens is 483 g/mol. The molecule has 3 aromatic rings. The zero-order valence-electron chi connectivity index (χ0n) is 21.3. The number of fused-ring (bicyclic) bond motifs is 1. The molecule has 0 unspecified atom stereocenters. The van der Waals surface area contributed by atoms with Crippen LogP contribution in [0.4, 0.5) is 4.39 Å². The number of Topliss-reactive ketones (excluding diaryl/α,β-unsaturated/α-hetero) is 1. The minimum Gasteiger partial charge on any atom is -0.484 e. The van der Waals surface area contributed by atoms with E-state index >= 15 is 0 Å². The average molecular weight is 515 g/mol. The number of hydrogen-bond acceptors (Lipinski definition) is 6. The lowest BCUT2D eigenvalue weighted by Crippen LogP contribution is -2.52. The molecule has 1 aromatic carbocycles. The largest absolute Gasteiger partial charge is 0.484 e. The smallest absolute Gasteiger partial charge is 0.251 e. The summed E-state index contributed by atoms with van der Waals surface area (Å²) in [6, 6.07) is 12.1. The van der Waals surface area contributed by atoms with Gasteiger partial charge in [0.05, 0.1) is 18.3 Å². The van der Waals surface area contributed by atoms with Crippen LogP contribution >= 0.6 is 0 Å². The van der Waals surface area contributed by atoms with E-state index in [9.17, 15) is 14.0 Å². The molecule has 8 heteroatoms. The van der Waals surface area contributed by atoms with Gasteiger partial charge in [-0.05, 0) is 54.7 Å². The second-order valence-corrected chi connectivity index (χ2v) is 10.8. The van der Waals surface area contributed by atoms with Crippen molar-refractivity contribution >= 4 is 11.7 Å². The second-order valence-electron chi connectivity index (χ2n) is 10.8. The molecule has 1 saturated carbocycles. The Hall–Kier alpha value is -3.65. The molecule has 1 aliphatic carbocycles. The van der Waals surface area contributed by atoms with Crippen LogP contribution in [0.15, 0.2) is 54.9 Å². The van der Waals surface area contributed by atoms with Gasteiger partial charge in [0, 0.05) is 56.3 Å². The number of carbonyl (C=O) groups excluding carboxylic acids is 2. The standard InChI is InChI=1S/C30H31FN4O3/c31-24-14-21(16-32-18-24)17-33-29(37)23-6-4-22(5-7-23)25-8-9-27-28(34-25)26(36)15-30(38-27)10-12-35(13-11-30)19-20-2-1-3-20/h4-9,14,16,18,20H,1-3,10-13,15,17,19H2,(H,33,37). The van der Waals surface area contributed by atoms with E-state index in [4.69, 9.17) is 4.74 Å². The fourth-order valence-corrected chi connectivity index (χ4v) is 5.63. The number of hydrogen-bond donors (Lipinski definition) is 1. The summed E-state index contributed by atoms with van der Waals surface area (Å²) in [7, 11) is 0. The molecule has 0 atom stereocenters. The van der Waals surface area contributed by atoms with Gasteiger partial charge in [0.1, 0.15) is 22.9 Å². The summed E-state index contributed by atoms with van der Waals surface area (Å²) in [6.07, 6.45) is 8.80. The number of ketones is 1. The van der Waals surface area contributed by atoms with Gasteiger partial charge < -0.3 is 15.0 Å². The van der Waals surface area contributed by atoms with Crippen LogP contribution < -0.4 is 10.1 Å². The van der Waals surface area contributed by atoms with Crippen LogP contribution in [-0.4, -0.2) is 51.8 Å². The lowest BCUT2D eigenvalue weighted by molar-refractivity contribution is -0.0151. The highest BCUT2D eigenvalue weighted by Gasteiger charge is 2.44. The summed E-state index contributed by atoms with van der Waals surface area (Å²) in [5.74, 6) is 0.736.